The number of ketones is 1. The van der Waals surface area contributed by atoms with Crippen molar-refractivity contribution >= 4 is 5.78 Å². The maximum absolute atomic E-state index is 11.1. The van der Waals surface area contributed by atoms with Crippen LogP contribution in [-0.4, -0.2) is 5.78 Å². The minimum Gasteiger partial charge on any atom is -0.295 e. The lowest BCUT2D eigenvalue weighted by Crippen LogP contribution is -1.92. The Morgan fingerprint density at radius 2 is 1.62 bits per heavy atom. The average Bonchev–Trinajstić information content (AvgIpc) is 2.29. The largest absolute Gasteiger partial charge is 0.295 e. The minimum absolute atomic E-state index is 0.148. The second kappa shape index (κ2) is 7.21. The van der Waals surface area contributed by atoms with Crippen LogP contribution in [0.3, 0.4) is 0 Å². The van der Waals surface area contributed by atoms with E-state index in [0.717, 1.165) is 12.0 Å². The van der Waals surface area contributed by atoms with E-state index < -0.39 is 0 Å². The Kier molecular flexibility index (Phi) is 5.84. The van der Waals surface area contributed by atoms with Gasteiger partial charge in [0, 0.05) is 5.56 Å². The molecule has 0 aliphatic carbocycles. The number of hydrogen-bond acceptors (Lipinski definition) is 1. The summed E-state index contributed by atoms with van der Waals surface area (Å²) in [5.74, 6) is 0.148. The molecule has 1 aromatic rings. The van der Waals surface area contributed by atoms with Crippen LogP contribution in [0, 0.1) is 0 Å². The van der Waals surface area contributed by atoms with Gasteiger partial charge < -0.3 is 0 Å². The first-order valence-electron chi connectivity index (χ1n) is 6.34. The Bertz CT molecular complexity index is 311. The zero-order chi connectivity index (χ0) is 11.8. The molecule has 0 amide bonds. The molecule has 0 fully saturated rings. The molecule has 0 aliphatic rings. The number of unbranched alkanes of at least 4 members (excludes halogenated alkanes) is 4. The first-order valence-corrected chi connectivity index (χ1v) is 6.34. The Balaban J connectivity index is 2.29. The Labute approximate surface area is 98.9 Å². The molecular weight excluding hydrogens is 196 g/mol. The van der Waals surface area contributed by atoms with Gasteiger partial charge in [0.15, 0.2) is 5.78 Å². The van der Waals surface area contributed by atoms with E-state index in [1.807, 2.05) is 12.1 Å². The van der Waals surface area contributed by atoms with Gasteiger partial charge in [-0.1, -0.05) is 56.9 Å². The third kappa shape index (κ3) is 4.61. The number of rotatable bonds is 7. The van der Waals surface area contributed by atoms with Crippen molar-refractivity contribution in [3.63, 3.8) is 0 Å². The van der Waals surface area contributed by atoms with E-state index in [1.165, 1.54) is 37.7 Å². The van der Waals surface area contributed by atoms with Crippen molar-refractivity contribution in [3.05, 3.63) is 35.4 Å². The SMILES string of the molecule is CCCCCCCc1ccc(C(C)=O)cc1. The van der Waals surface area contributed by atoms with Gasteiger partial charge in [-0.3, -0.25) is 4.79 Å². The van der Waals surface area contributed by atoms with E-state index in [2.05, 4.69) is 19.1 Å². The molecule has 0 saturated heterocycles. The smallest absolute Gasteiger partial charge is 0.159 e. The predicted molar refractivity (Wildman–Crippen MR) is 68.9 cm³/mol. The highest BCUT2D eigenvalue weighted by Gasteiger charge is 1.98. The molecule has 1 rings (SSSR count). The highest BCUT2D eigenvalue weighted by molar-refractivity contribution is 5.93. The first kappa shape index (κ1) is 13.0. The molecule has 0 radical (unpaired) electrons. The molecule has 0 unspecified atom stereocenters. The van der Waals surface area contributed by atoms with Crippen LogP contribution in [0.15, 0.2) is 24.3 Å². The maximum atomic E-state index is 11.1. The van der Waals surface area contributed by atoms with E-state index in [-0.39, 0.29) is 5.78 Å². The van der Waals surface area contributed by atoms with Gasteiger partial charge in [0.05, 0.1) is 0 Å². The zero-order valence-electron chi connectivity index (χ0n) is 10.5. The Morgan fingerprint density at radius 1 is 1.00 bits per heavy atom. The van der Waals surface area contributed by atoms with Gasteiger partial charge in [-0.15, -0.1) is 0 Å². The molecule has 0 spiro atoms. The van der Waals surface area contributed by atoms with Crippen LogP contribution in [-0.2, 0) is 6.42 Å². The Morgan fingerprint density at radius 3 is 2.19 bits per heavy atom. The number of carbonyl (C=O) groups excluding carboxylic acids is 1. The summed E-state index contributed by atoms with van der Waals surface area (Å²) in [6, 6.07) is 8.03. The molecule has 0 bridgehead atoms. The number of carbonyl (C=O) groups is 1. The fraction of sp³-hybridized carbons (Fsp3) is 0.533. The highest BCUT2D eigenvalue weighted by Crippen LogP contribution is 2.10. The molecular formula is C15H22O. The molecule has 0 N–H and O–H groups in total. The summed E-state index contributed by atoms with van der Waals surface area (Å²) in [6.07, 6.45) is 7.72. The second-order valence-electron chi connectivity index (χ2n) is 4.42. The minimum atomic E-state index is 0.148. The van der Waals surface area contributed by atoms with E-state index >= 15 is 0 Å². The van der Waals surface area contributed by atoms with Crippen LogP contribution in [0.25, 0.3) is 0 Å². The molecule has 0 heterocycles. The molecule has 88 valence electrons. The lowest BCUT2D eigenvalue weighted by molar-refractivity contribution is 0.101. The summed E-state index contributed by atoms with van der Waals surface area (Å²) >= 11 is 0. The van der Waals surface area contributed by atoms with Gasteiger partial charge in [-0.2, -0.15) is 0 Å². The van der Waals surface area contributed by atoms with E-state index in [0.29, 0.717) is 0 Å². The van der Waals surface area contributed by atoms with Crippen LogP contribution < -0.4 is 0 Å². The first-order chi connectivity index (χ1) is 7.74. The average molecular weight is 218 g/mol. The number of benzene rings is 1. The van der Waals surface area contributed by atoms with Crippen LogP contribution in [0.4, 0.5) is 0 Å². The fourth-order valence-electron chi connectivity index (χ4n) is 1.84. The van der Waals surface area contributed by atoms with E-state index in [9.17, 15) is 4.79 Å². The quantitative estimate of drug-likeness (QED) is 0.489. The lowest BCUT2D eigenvalue weighted by atomic mass is 10.0. The summed E-state index contributed by atoms with van der Waals surface area (Å²) in [5.41, 5.74) is 2.16. The monoisotopic (exact) mass is 218 g/mol. The van der Waals surface area contributed by atoms with Crippen LogP contribution in [0.5, 0.6) is 0 Å². The number of Topliss-reactive ketones (excluding diaryl/α,β-unsaturated/α-hetero) is 1. The van der Waals surface area contributed by atoms with Crippen LogP contribution in [0.2, 0.25) is 0 Å². The van der Waals surface area contributed by atoms with Gasteiger partial charge >= 0.3 is 0 Å². The molecule has 0 aromatic heterocycles. The highest BCUT2D eigenvalue weighted by atomic mass is 16.1. The third-order valence-electron chi connectivity index (χ3n) is 2.93. The van der Waals surface area contributed by atoms with Crippen molar-refractivity contribution < 1.29 is 4.79 Å². The van der Waals surface area contributed by atoms with Crippen molar-refractivity contribution in [3.8, 4) is 0 Å². The van der Waals surface area contributed by atoms with Crippen molar-refractivity contribution in [2.24, 2.45) is 0 Å². The summed E-state index contributed by atoms with van der Waals surface area (Å²) in [6.45, 7) is 3.85. The van der Waals surface area contributed by atoms with Crippen molar-refractivity contribution in [1.82, 2.24) is 0 Å². The Hall–Kier alpha value is -1.11. The van der Waals surface area contributed by atoms with Gasteiger partial charge in [-0.05, 0) is 25.3 Å². The van der Waals surface area contributed by atoms with Gasteiger partial charge in [0.2, 0.25) is 0 Å². The van der Waals surface area contributed by atoms with E-state index in [4.69, 9.17) is 0 Å². The molecule has 1 heteroatoms. The second-order valence-corrected chi connectivity index (χ2v) is 4.42. The number of aryl methyl sites for hydroxylation is 1. The molecule has 0 atom stereocenters. The molecule has 16 heavy (non-hydrogen) atoms. The molecule has 0 saturated carbocycles. The van der Waals surface area contributed by atoms with Gasteiger partial charge in [0.1, 0.15) is 0 Å². The molecule has 0 aliphatic heterocycles. The predicted octanol–water partition coefficient (Wildman–Crippen LogP) is 4.40. The fourth-order valence-corrected chi connectivity index (χ4v) is 1.84. The lowest BCUT2D eigenvalue weighted by Gasteiger charge is -2.02. The summed E-state index contributed by atoms with van der Waals surface area (Å²) in [7, 11) is 0. The van der Waals surface area contributed by atoms with E-state index in [1.54, 1.807) is 6.92 Å². The van der Waals surface area contributed by atoms with Crippen molar-refractivity contribution in [1.29, 1.82) is 0 Å². The normalized spacial score (nSPS) is 10.4. The third-order valence-corrected chi connectivity index (χ3v) is 2.93. The van der Waals surface area contributed by atoms with Crippen LogP contribution in [0.1, 0.15) is 61.9 Å². The number of hydrogen-bond donors (Lipinski definition) is 0. The van der Waals surface area contributed by atoms with Crippen molar-refractivity contribution in [2.75, 3.05) is 0 Å². The summed E-state index contributed by atoms with van der Waals surface area (Å²) in [4.78, 5) is 11.1. The summed E-state index contributed by atoms with van der Waals surface area (Å²) in [5, 5.41) is 0. The van der Waals surface area contributed by atoms with Gasteiger partial charge in [0.25, 0.3) is 0 Å². The topological polar surface area (TPSA) is 17.1 Å². The maximum Gasteiger partial charge on any atom is 0.159 e. The molecule has 1 nitrogen and oxygen atoms in total. The zero-order valence-corrected chi connectivity index (χ0v) is 10.5. The van der Waals surface area contributed by atoms with Crippen molar-refractivity contribution in [2.45, 2.75) is 52.4 Å². The van der Waals surface area contributed by atoms with Crippen LogP contribution >= 0.6 is 0 Å². The molecule has 1 aromatic carbocycles. The van der Waals surface area contributed by atoms with Gasteiger partial charge in [-0.25, -0.2) is 0 Å². The standard InChI is InChI=1S/C15H22O/c1-3-4-5-6-7-8-14-9-11-15(12-10-14)13(2)16/h9-12H,3-8H2,1-2H3. The summed E-state index contributed by atoms with van der Waals surface area (Å²) < 4.78 is 0.